The predicted octanol–water partition coefficient (Wildman–Crippen LogP) is -2.68. The van der Waals surface area contributed by atoms with Crippen LogP contribution in [-0.4, -0.2) is 10.3 Å². The molecule has 48 valence electrons. The van der Waals surface area contributed by atoms with Gasteiger partial charge >= 0.3 is 51.4 Å². The van der Waals surface area contributed by atoms with Gasteiger partial charge in [0.1, 0.15) is 0 Å². The van der Waals surface area contributed by atoms with E-state index in [2.05, 4.69) is 0 Å². The minimum Gasteiger partial charge on any atom is -0.547 e. The van der Waals surface area contributed by atoms with Gasteiger partial charge in [-0.25, -0.2) is 0 Å². The van der Waals surface area contributed by atoms with Gasteiger partial charge in [-0.2, -0.15) is 0 Å². The van der Waals surface area contributed by atoms with Crippen LogP contribution in [-0.2, 0) is 4.79 Å². The second-order valence-corrected chi connectivity index (χ2v) is 2.83. The van der Waals surface area contributed by atoms with Gasteiger partial charge in [-0.15, -0.1) is 0 Å². The van der Waals surface area contributed by atoms with E-state index in [9.17, 15) is 9.90 Å². The quantitative estimate of drug-likeness (QED) is 0.356. The van der Waals surface area contributed by atoms with Crippen molar-refractivity contribution in [3.05, 3.63) is 0 Å². The van der Waals surface area contributed by atoms with Crippen molar-refractivity contribution in [2.24, 2.45) is 0 Å². The molecule has 0 heterocycles. The van der Waals surface area contributed by atoms with E-state index in [1.54, 1.807) is 6.92 Å². The average Bonchev–Trinajstić information content (AvgIpc) is 1.67. The van der Waals surface area contributed by atoms with Crippen molar-refractivity contribution in [2.45, 2.75) is 17.7 Å². The molecule has 0 fully saturated rings. The fourth-order valence-electron chi connectivity index (χ4n) is 0.144. The molecule has 0 saturated carbocycles. The number of hydrogen-bond acceptors (Lipinski definition) is 2. The fourth-order valence-corrected chi connectivity index (χ4v) is 0.144. The molecular weight excluding hydrogens is 190 g/mol. The number of aliphatic carboxylic acids is 1. The van der Waals surface area contributed by atoms with Gasteiger partial charge in [0.2, 0.25) is 0 Å². The molecule has 2 nitrogen and oxygen atoms in total. The third-order valence-electron chi connectivity index (χ3n) is 0.743. The molecule has 0 radical (unpaired) electrons. The number of carbonyl (C=O) groups excluding carboxylic acids is 1. The Hall–Kier alpha value is 1.69. The Morgan fingerprint density at radius 1 is 1.67 bits per heavy atom. The van der Waals surface area contributed by atoms with Crippen molar-refractivity contribution >= 4 is 29.2 Å². The molecule has 0 rings (SSSR count). The zero-order chi connectivity index (χ0) is 6.78. The molecule has 0 aromatic rings. The first-order chi connectivity index (χ1) is 3.50. The Balaban J connectivity index is 0. The summed E-state index contributed by atoms with van der Waals surface area (Å²) in [5, 5.41) is 9.88. The van der Waals surface area contributed by atoms with Crippen LogP contribution in [0.25, 0.3) is 0 Å². The summed E-state index contributed by atoms with van der Waals surface area (Å²) in [4.78, 5) is 9.88. The number of hydrogen-bond donors (Lipinski definition) is 0. The minimum atomic E-state index is -1.71. The smallest absolute Gasteiger partial charge is 0.547 e. The Labute approximate surface area is 106 Å². The maximum absolute atomic E-state index is 9.88. The van der Waals surface area contributed by atoms with Crippen LogP contribution in [0.2, 0.25) is 0 Å². The van der Waals surface area contributed by atoms with Gasteiger partial charge in [-0.3, -0.25) is 0 Å². The summed E-state index contributed by atoms with van der Waals surface area (Å²) in [7, 11) is 0. The van der Waals surface area contributed by atoms with Gasteiger partial charge in [-0.05, 0) is 6.42 Å². The van der Waals surface area contributed by atoms with Crippen LogP contribution >= 0.6 is 23.2 Å². The number of rotatable bonds is 2. The van der Waals surface area contributed by atoms with Crippen LogP contribution < -0.4 is 56.5 Å². The van der Waals surface area contributed by atoms with Gasteiger partial charge in [0.15, 0.2) is 4.33 Å². The van der Waals surface area contributed by atoms with Gasteiger partial charge in [0.05, 0.1) is 5.97 Å². The molecule has 0 atom stereocenters. The van der Waals surface area contributed by atoms with Crippen molar-refractivity contribution < 1.29 is 61.3 Å². The standard InChI is InChI=1S/C4H6Cl2O2.K/c1-2-4(5,6)3(7)8;/h2H2,1H3,(H,7,8);/q;+1/p-1. The van der Waals surface area contributed by atoms with Crippen molar-refractivity contribution in [1.82, 2.24) is 0 Å². The number of halogens is 2. The van der Waals surface area contributed by atoms with Crippen LogP contribution in [0.3, 0.4) is 0 Å². The number of carboxylic acids is 1. The number of carboxylic acid groups (broad SMARTS) is 1. The van der Waals surface area contributed by atoms with Gasteiger partial charge in [-0.1, -0.05) is 30.1 Å². The van der Waals surface area contributed by atoms with E-state index in [1.807, 2.05) is 0 Å². The van der Waals surface area contributed by atoms with E-state index < -0.39 is 10.3 Å². The van der Waals surface area contributed by atoms with Crippen LogP contribution in [0.5, 0.6) is 0 Å². The predicted molar refractivity (Wildman–Crippen MR) is 29.7 cm³/mol. The van der Waals surface area contributed by atoms with Crippen LogP contribution in [0.1, 0.15) is 13.3 Å². The molecule has 9 heavy (non-hydrogen) atoms. The number of alkyl halides is 2. The zero-order valence-corrected chi connectivity index (χ0v) is 9.91. The largest absolute Gasteiger partial charge is 1.00 e. The second kappa shape index (κ2) is 5.35. The molecule has 0 aromatic carbocycles. The summed E-state index contributed by atoms with van der Waals surface area (Å²) in [5.74, 6) is -1.44. The fraction of sp³-hybridized carbons (Fsp3) is 0.750. The van der Waals surface area contributed by atoms with Crippen molar-refractivity contribution in [2.75, 3.05) is 0 Å². The average molecular weight is 195 g/mol. The summed E-state index contributed by atoms with van der Waals surface area (Å²) in [6.07, 6.45) is 0.151. The SMILES string of the molecule is CCC(Cl)(Cl)C(=O)[O-].[K+]. The van der Waals surface area contributed by atoms with Crippen LogP contribution in [0, 0.1) is 0 Å². The normalized spacial score (nSPS) is 10.1. The molecule has 0 amide bonds. The van der Waals surface area contributed by atoms with Crippen molar-refractivity contribution in [3.63, 3.8) is 0 Å². The van der Waals surface area contributed by atoms with Crippen molar-refractivity contribution in [3.8, 4) is 0 Å². The Kier molecular flexibility index (Phi) is 7.90. The molecule has 0 unspecified atom stereocenters. The van der Waals surface area contributed by atoms with Gasteiger partial charge in [0.25, 0.3) is 0 Å². The molecular formula is C4H5Cl2KO2. The summed E-state index contributed by atoms with van der Waals surface area (Å²) < 4.78 is -1.71. The molecule has 0 N–H and O–H groups in total. The van der Waals surface area contributed by atoms with E-state index in [4.69, 9.17) is 23.2 Å². The third kappa shape index (κ3) is 5.01. The molecule has 0 aliphatic heterocycles. The molecule has 0 bridgehead atoms. The maximum atomic E-state index is 9.88. The summed E-state index contributed by atoms with van der Waals surface area (Å²) in [6, 6.07) is 0. The van der Waals surface area contributed by atoms with E-state index in [0.29, 0.717) is 0 Å². The molecule has 0 aliphatic rings. The number of carbonyl (C=O) groups is 1. The third-order valence-corrected chi connectivity index (χ3v) is 1.59. The first-order valence-electron chi connectivity index (χ1n) is 2.10. The Morgan fingerprint density at radius 2 is 2.00 bits per heavy atom. The maximum Gasteiger partial charge on any atom is 1.00 e. The van der Waals surface area contributed by atoms with E-state index in [1.165, 1.54) is 0 Å². The Morgan fingerprint density at radius 3 is 2.00 bits per heavy atom. The topological polar surface area (TPSA) is 40.1 Å². The van der Waals surface area contributed by atoms with Gasteiger partial charge < -0.3 is 9.90 Å². The second-order valence-electron chi connectivity index (χ2n) is 1.35. The molecule has 5 heteroatoms. The van der Waals surface area contributed by atoms with Crippen molar-refractivity contribution in [1.29, 1.82) is 0 Å². The van der Waals surface area contributed by atoms with Gasteiger partial charge in [0, 0.05) is 0 Å². The monoisotopic (exact) mass is 194 g/mol. The summed E-state index contributed by atoms with van der Waals surface area (Å²) in [6.45, 7) is 1.57. The van der Waals surface area contributed by atoms with Crippen LogP contribution in [0.4, 0.5) is 0 Å². The molecule has 0 spiro atoms. The summed E-state index contributed by atoms with van der Waals surface area (Å²) >= 11 is 10.3. The van der Waals surface area contributed by atoms with E-state index in [0.717, 1.165) is 0 Å². The minimum absolute atomic E-state index is 0. The van der Waals surface area contributed by atoms with E-state index >= 15 is 0 Å². The first kappa shape index (κ1) is 13.3. The molecule has 0 aromatic heterocycles. The molecule has 0 saturated heterocycles. The molecule has 0 aliphatic carbocycles. The zero-order valence-electron chi connectivity index (χ0n) is 5.28. The first-order valence-corrected chi connectivity index (χ1v) is 2.85. The Bertz CT molecular complexity index is 105. The summed E-state index contributed by atoms with van der Waals surface area (Å²) in [5.41, 5.74) is 0. The van der Waals surface area contributed by atoms with E-state index in [-0.39, 0.29) is 57.8 Å². The van der Waals surface area contributed by atoms with Crippen LogP contribution in [0.15, 0.2) is 0 Å².